The van der Waals surface area contributed by atoms with Gasteiger partial charge in [0.25, 0.3) is 0 Å². The van der Waals surface area contributed by atoms with Gasteiger partial charge < -0.3 is 10.2 Å². The highest BCUT2D eigenvalue weighted by Crippen LogP contribution is 2.34. The molecule has 1 N–H and O–H groups in total. The summed E-state index contributed by atoms with van der Waals surface area (Å²) in [5.41, 5.74) is 3.34. The summed E-state index contributed by atoms with van der Waals surface area (Å²) in [5, 5.41) is 4.90. The summed E-state index contributed by atoms with van der Waals surface area (Å²) in [6.45, 7) is 3.84. The normalized spacial score (nSPS) is 17.6. The minimum atomic E-state index is 0.386. The molecule has 1 unspecified atom stereocenters. The molecule has 1 aliphatic rings. The minimum absolute atomic E-state index is 0.386. The Hall–Kier alpha value is -1.38. The number of halogens is 2. The van der Waals surface area contributed by atoms with Gasteiger partial charge in [-0.3, -0.25) is 0 Å². The fourth-order valence-corrected chi connectivity index (χ4v) is 3.09. The van der Waals surface area contributed by atoms with Crippen molar-refractivity contribution in [2.45, 2.75) is 19.5 Å². The van der Waals surface area contributed by atoms with Gasteiger partial charge in [-0.05, 0) is 31.2 Å². The molecule has 1 heterocycles. The van der Waals surface area contributed by atoms with Crippen molar-refractivity contribution in [3.8, 4) is 0 Å². The average molecular weight is 307 g/mol. The molecule has 0 saturated heterocycles. The average Bonchev–Trinajstić information content (AvgIpc) is 2.45. The van der Waals surface area contributed by atoms with Gasteiger partial charge in [0, 0.05) is 34.7 Å². The molecule has 0 aromatic heterocycles. The van der Waals surface area contributed by atoms with Crippen molar-refractivity contribution in [1.29, 1.82) is 0 Å². The van der Waals surface area contributed by atoms with Crippen LogP contribution in [0.5, 0.6) is 0 Å². The number of nitrogens with zero attached hydrogens (tertiary/aromatic N) is 1. The maximum absolute atomic E-state index is 6.30. The molecule has 0 aliphatic carbocycles. The van der Waals surface area contributed by atoms with Gasteiger partial charge >= 0.3 is 0 Å². The molecule has 0 saturated carbocycles. The van der Waals surface area contributed by atoms with Crippen LogP contribution in [0.3, 0.4) is 0 Å². The Morgan fingerprint density at radius 2 is 1.80 bits per heavy atom. The summed E-state index contributed by atoms with van der Waals surface area (Å²) in [5.74, 6) is 0. The van der Waals surface area contributed by atoms with E-state index in [4.69, 9.17) is 23.2 Å². The lowest BCUT2D eigenvalue weighted by Crippen LogP contribution is -2.41. The largest absolute Gasteiger partial charge is 0.381 e. The van der Waals surface area contributed by atoms with E-state index in [9.17, 15) is 0 Å². The first kappa shape index (κ1) is 13.6. The van der Waals surface area contributed by atoms with Crippen LogP contribution in [0.4, 0.5) is 11.4 Å². The third-order valence-corrected chi connectivity index (χ3v) is 4.43. The number of fused-ring (bicyclic) bond motifs is 1. The van der Waals surface area contributed by atoms with Crippen LogP contribution in [-0.2, 0) is 6.54 Å². The second kappa shape index (κ2) is 5.55. The Morgan fingerprint density at radius 1 is 1.10 bits per heavy atom. The van der Waals surface area contributed by atoms with E-state index in [1.54, 1.807) is 0 Å². The van der Waals surface area contributed by atoms with Crippen LogP contribution in [0.15, 0.2) is 42.5 Å². The Bertz CT molecular complexity index is 607. The molecular weight excluding hydrogens is 291 g/mol. The number of anilines is 2. The SMILES string of the molecule is CC1CNc2ccccc2N1Cc1c(Cl)cccc1Cl. The van der Waals surface area contributed by atoms with Crippen molar-refractivity contribution in [2.24, 2.45) is 0 Å². The van der Waals surface area contributed by atoms with E-state index in [1.807, 2.05) is 24.3 Å². The van der Waals surface area contributed by atoms with Crippen molar-refractivity contribution in [3.05, 3.63) is 58.1 Å². The van der Waals surface area contributed by atoms with Crippen LogP contribution in [0.1, 0.15) is 12.5 Å². The van der Waals surface area contributed by atoms with Crippen LogP contribution in [0.2, 0.25) is 10.0 Å². The predicted octanol–water partition coefficient (Wildman–Crippen LogP) is 4.81. The molecule has 0 spiro atoms. The molecular formula is C16H16Cl2N2. The molecule has 0 fully saturated rings. The summed E-state index contributed by atoms with van der Waals surface area (Å²) in [6, 6.07) is 14.4. The Kier molecular flexibility index (Phi) is 3.77. The maximum atomic E-state index is 6.30. The number of benzene rings is 2. The van der Waals surface area contributed by atoms with Crippen molar-refractivity contribution in [1.82, 2.24) is 0 Å². The van der Waals surface area contributed by atoms with E-state index in [0.29, 0.717) is 6.04 Å². The van der Waals surface area contributed by atoms with Gasteiger partial charge in [0.1, 0.15) is 0 Å². The van der Waals surface area contributed by atoms with Crippen molar-refractivity contribution in [2.75, 3.05) is 16.8 Å². The number of hydrogen-bond acceptors (Lipinski definition) is 2. The third-order valence-electron chi connectivity index (χ3n) is 3.72. The lowest BCUT2D eigenvalue weighted by Gasteiger charge is -2.38. The first-order valence-electron chi connectivity index (χ1n) is 6.69. The highest BCUT2D eigenvalue weighted by Gasteiger charge is 2.23. The zero-order valence-corrected chi connectivity index (χ0v) is 12.7. The first-order valence-corrected chi connectivity index (χ1v) is 7.45. The summed E-state index contributed by atoms with van der Waals surface area (Å²) >= 11 is 12.6. The van der Waals surface area contributed by atoms with Gasteiger partial charge in [-0.2, -0.15) is 0 Å². The van der Waals surface area contributed by atoms with E-state index in [0.717, 1.165) is 34.4 Å². The molecule has 0 radical (unpaired) electrons. The van der Waals surface area contributed by atoms with Crippen LogP contribution in [0, 0.1) is 0 Å². The number of nitrogens with one attached hydrogen (secondary N) is 1. The van der Waals surface area contributed by atoms with Gasteiger partial charge in [0.2, 0.25) is 0 Å². The van der Waals surface area contributed by atoms with Crippen LogP contribution < -0.4 is 10.2 Å². The quantitative estimate of drug-likeness (QED) is 0.856. The van der Waals surface area contributed by atoms with Gasteiger partial charge in [0.15, 0.2) is 0 Å². The first-order chi connectivity index (χ1) is 9.66. The van der Waals surface area contributed by atoms with E-state index in [1.165, 1.54) is 5.69 Å². The second-order valence-electron chi connectivity index (χ2n) is 5.08. The van der Waals surface area contributed by atoms with Gasteiger partial charge in [0.05, 0.1) is 11.4 Å². The Labute approximate surface area is 129 Å². The zero-order chi connectivity index (χ0) is 14.1. The highest BCUT2D eigenvalue weighted by atomic mass is 35.5. The molecule has 3 rings (SSSR count). The summed E-state index contributed by atoms with van der Waals surface area (Å²) in [4.78, 5) is 2.35. The topological polar surface area (TPSA) is 15.3 Å². The van der Waals surface area contributed by atoms with Crippen molar-refractivity contribution < 1.29 is 0 Å². The lowest BCUT2D eigenvalue weighted by molar-refractivity contribution is 0.641. The zero-order valence-electron chi connectivity index (χ0n) is 11.2. The van der Waals surface area contributed by atoms with E-state index in [2.05, 4.69) is 35.3 Å². The molecule has 1 atom stereocenters. The van der Waals surface area contributed by atoms with Crippen LogP contribution in [-0.4, -0.2) is 12.6 Å². The van der Waals surface area contributed by atoms with E-state index < -0.39 is 0 Å². The molecule has 0 bridgehead atoms. The third kappa shape index (κ3) is 2.46. The molecule has 1 aliphatic heterocycles. The molecule has 2 aromatic carbocycles. The fraction of sp³-hybridized carbons (Fsp3) is 0.250. The van der Waals surface area contributed by atoms with E-state index in [-0.39, 0.29) is 0 Å². The van der Waals surface area contributed by atoms with Crippen LogP contribution in [0.25, 0.3) is 0 Å². The van der Waals surface area contributed by atoms with Crippen molar-refractivity contribution >= 4 is 34.6 Å². The summed E-state index contributed by atoms with van der Waals surface area (Å²) in [7, 11) is 0. The Balaban J connectivity index is 1.98. The monoisotopic (exact) mass is 306 g/mol. The second-order valence-corrected chi connectivity index (χ2v) is 5.89. The molecule has 4 heteroatoms. The number of hydrogen-bond donors (Lipinski definition) is 1. The standard InChI is InChI=1S/C16H16Cl2N2/c1-11-9-19-15-7-2-3-8-16(15)20(11)10-12-13(17)5-4-6-14(12)18/h2-8,11,19H,9-10H2,1H3. The number of rotatable bonds is 2. The van der Waals surface area contributed by atoms with Gasteiger partial charge in [-0.15, -0.1) is 0 Å². The van der Waals surface area contributed by atoms with Gasteiger partial charge in [-0.1, -0.05) is 41.4 Å². The van der Waals surface area contributed by atoms with Crippen LogP contribution >= 0.6 is 23.2 Å². The smallest absolute Gasteiger partial charge is 0.0608 e. The molecule has 2 aromatic rings. The summed E-state index contributed by atoms with van der Waals surface area (Å²) in [6.07, 6.45) is 0. The van der Waals surface area contributed by atoms with E-state index >= 15 is 0 Å². The lowest BCUT2D eigenvalue weighted by atomic mass is 10.1. The molecule has 2 nitrogen and oxygen atoms in total. The minimum Gasteiger partial charge on any atom is -0.381 e. The molecule has 20 heavy (non-hydrogen) atoms. The molecule has 104 valence electrons. The highest BCUT2D eigenvalue weighted by molar-refractivity contribution is 6.36. The number of para-hydroxylation sites is 2. The summed E-state index contributed by atoms with van der Waals surface area (Å²) < 4.78 is 0. The Morgan fingerprint density at radius 3 is 2.55 bits per heavy atom. The maximum Gasteiger partial charge on any atom is 0.0608 e. The van der Waals surface area contributed by atoms with Crippen molar-refractivity contribution in [3.63, 3.8) is 0 Å². The fourth-order valence-electron chi connectivity index (χ4n) is 2.57. The predicted molar refractivity (Wildman–Crippen MR) is 87.0 cm³/mol. The molecule has 0 amide bonds. The van der Waals surface area contributed by atoms with Gasteiger partial charge in [-0.25, -0.2) is 0 Å².